The van der Waals surface area contributed by atoms with Crippen LogP contribution in [0.2, 0.25) is 0 Å². The molecule has 3 heteroatoms. The lowest BCUT2D eigenvalue weighted by molar-refractivity contribution is 0.505. The summed E-state index contributed by atoms with van der Waals surface area (Å²) in [6.07, 6.45) is 0. The second kappa shape index (κ2) is 6.14. The van der Waals surface area contributed by atoms with E-state index in [9.17, 15) is 8.78 Å². The van der Waals surface area contributed by atoms with Crippen LogP contribution in [0.4, 0.5) is 8.78 Å². The van der Waals surface area contributed by atoms with E-state index in [1.165, 1.54) is 0 Å². The second-order valence-corrected chi connectivity index (χ2v) is 4.99. The highest BCUT2D eigenvalue weighted by molar-refractivity contribution is 5.68. The van der Waals surface area contributed by atoms with E-state index in [0.29, 0.717) is 11.1 Å². The first kappa shape index (κ1) is 14.7. The van der Waals surface area contributed by atoms with Crippen LogP contribution in [0.1, 0.15) is 23.6 Å². The van der Waals surface area contributed by atoms with Crippen LogP contribution in [0, 0.1) is 25.5 Å². The number of benzene rings is 2. The average Bonchev–Trinajstić information content (AvgIpc) is 2.44. The van der Waals surface area contributed by atoms with Crippen molar-refractivity contribution in [3.63, 3.8) is 0 Å². The Bertz CT molecular complexity index is 621. The Hall–Kier alpha value is -1.74. The van der Waals surface area contributed by atoms with Gasteiger partial charge in [-0.25, -0.2) is 8.78 Å². The normalized spacial score (nSPS) is 10.8. The maximum absolute atomic E-state index is 14.0. The lowest BCUT2D eigenvalue weighted by atomic mass is 9.97. The van der Waals surface area contributed by atoms with Crippen molar-refractivity contribution in [1.29, 1.82) is 0 Å². The number of hydrogen-bond donors (Lipinski definition) is 1. The summed E-state index contributed by atoms with van der Waals surface area (Å²) in [6.45, 7) is 7.21. The fraction of sp³-hybridized carbons (Fsp3) is 0.294. The number of nitrogens with one attached hydrogen (secondary N) is 1. The molecule has 0 fully saturated rings. The van der Waals surface area contributed by atoms with E-state index >= 15 is 0 Å². The zero-order valence-corrected chi connectivity index (χ0v) is 12.1. The Morgan fingerprint density at radius 1 is 0.900 bits per heavy atom. The summed E-state index contributed by atoms with van der Waals surface area (Å²) in [5, 5.41) is 3.24. The fourth-order valence-electron chi connectivity index (χ4n) is 2.26. The van der Waals surface area contributed by atoms with E-state index in [2.05, 4.69) is 5.32 Å². The molecule has 0 bridgehead atoms. The van der Waals surface area contributed by atoms with Crippen molar-refractivity contribution in [2.24, 2.45) is 0 Å². The first-order chi connectivity index (χ1) is 9.54. The lowest BCUT2D eigenvalue weighted by Crippen LogP contribution is -2.11. The van der Waals surface area contributed by atoms with Gasteiger partial charge in [-0.2, -0.15) is 0 Å². The number of halogens is 2. The summed E-state index contributed by atoms with van der Waals surface area (Å²) in [4.78, 5) is 0. The highest BCUT2D eigenvalue weighted by Crippen LogP contribution is 2.29. The molecule has 0 aliphatic carbocycles. The summed E-state index contributed by atoms with van der Waals surface area (Å²) in [5.41, 5.74) is 3.47. The van der Waals surface area contributed by atoms with E-state index in [1.54, 1.807) is 19.1 Å². The summed E-state index contributed by atoms with van der Waals surface area (Å²) < 4.78 is 27.7. The Labute approximate surface area is 118 Å². The van der Waals surface area contributed by atoms with Crippen molar-refractivity contribution in [3.8, 4) is 11.1 Å². The minimum absolute atomic E-state index is 0.320. The van der Waals surface area contributed by atoms with E-state index in [-0.39, 0.29) is 0 Å². The van der Waals surface area contributed by atoms with Gasteiger partial charge in [-0.3, -0.25) is 0 Å². The molecular formula is C17H19F2N. The van der Waals surface area contributed by atoms with Crippen molar-refractivity contribution < 1.29 is 8.78 Å². The predicted octanol–water partition coefficient (Wildman–Crippen LogP) is 4.36. The van der Waals surface area contributed by atoms with E-state index in [4.69, 9.17) is 0 Å². The SMILES string of the molecule is CCNCc1ccc(-c2ccc(C)c(F)c2F)c(C)c1. The van der Waals surface area contributed by atoms with Gasteiger partial charge in [-0.05, 0) is 42.6 Å². The van der Waals surface area contributed by atoms with Gasteiger partial charge in [-0.15, -0.1) is 0 Å². The van der Waals surface area contributed by atoms with Gasteiger partial charge in [0, 0.05) is 12.1 Å². The molecule has 0 unspecified atom stereocenters. The Kier molecular flexibility index (Phi) is 4.50. The third kappa shape index (κ3) is 2.88. The molecule has 2 aromatic carbocycles. The molecule has 0 heterocycles. The highest BCUT2D eigenvalue weighted by atomic mass is 19.2. The molecule has 1 N–H and O–H groups in total. The van der Waals surface area contributed by atoms with Crippen molar-refractivity contribution in [1.82, 2.24) is 5.32 Å². The molecule has 0 aromatic heterocycles. The van der Waals surface area contributed by atoms with Crippen LogP contribution in [0.15, 0.2) is 30.3 Å². The molecule has 106 valence electrons. The predicted molar refractivity (Wildman–Crippen MR) is 78.6 cm³/mol. The van der Waals surface area contributed by atoms with Gasteiger partial charge in [0.05, 0.1) is 0 Å². The van der Waals surface area contributed by atoms with Crippen LogP contribution in [-0.2, 0) is 6.54 Å². The molecule has 0 spiro atoms. The summed E-state index contributed by atoms with van der Waals surface area (Å²) in [5.74, 6) is -1.54. The van der Waals surface area contributed by atoms with Gasteiger partial charge < -0.3 is 5.32 Å². The minimum atomic E-state index is -0.771. The molecule has 0 saturated carbocycles. The molecule has 20 heavy (non-hydrogen) atoms. The van der Waals surface area contributed by atoms with Crippen LogP contribution in [0.25, 0.3) is 11.1 Å². The second-order valence-electron chi connectivity index (χ2n) is 4.99. The molecule has 0 amide bonds. The zero-order valence-electron chi connectivity index (χ0n) is 12.1. The summed E-state index contributed by atoms with van der Waals surface area (Å²) >= 11 is 0. The highest BCUT2D eigenvalue weighted by Gasteiger charge is 2.14. The van der Waals surface area contributed by atoms with Crippen LogP contribution < -0.4 is 5.32 Å². The molecule has 0 saturated heterocycles. The lowest BCUT2D eigenvalue weighted by Gasteiger charge is -2.11. The largest absolute Gasteiger partial charge is 0.313 e. The smallest absolute Gasteiger partial charge is 0.166 e. The topological polar surface area (TPSA) is 12.0 Å². The van der Waals surface area contributed by atoms with Gasteiger partial charge in [-0.1, -0.05) is 37.3 Å². The Morgan fingerprint density at radius 3 is 2.25 bits per heavy atom. The van der Waals surface area contributed by atoms with Crippen LogP contribution in [0.5, 0.6) is 0 Å². The van der Waals surface area contributed by atoms with Crippen LogP contribution in [-0.4, -0.2) is 6.54 Å². The van der Waals surface area contributed by atoms with Crippen molar-refractivity contribution in [3.05, 3.63) is 58.7 Å². The van der Waals surface area contributed by atoms with E-state index in [0.717, 1.165) is 29.8 Å². The Morgan fingerprint density at radius 2 is 1.60 bits per heavy atom. The van der Waals surface area contributed by atoms with Gasteiger partial charge in [0.15, 0.2) is 11.6 Å². The Balaban J connectivity index is 2.41. The molecule has 2 aromatic rings. The van der Waals surface area contributed by atoms with Crippen molar-refractivity contribution >= 4 is 0 Å². The molecule has 0 radical (unpaired) electrons. The number of aryl methyl sites for hydroxylation is 2. The van der Waals surface area contributed by atoms with Gasteiger partial charge in [0.2, 0.25) is 0 Å². The average molecular weight is 275 g/mol. The monoisotopic (exact) mass is 275 g/mol. The zero-order chi connectivity index (χ0) is 14.7. The quantitative estimate of drug-likeness (QED) is 0.874. The van der Waals surface area contributed by atoms with Gasteiger partial charge in [0.1, 0.15) is 0 Å². The maximum atomic E-state index is 14.0. The third-order valence-electron chi connectivity index (χ3n) is 3.44. The molecule has 0 aliphatic heterocycles. The first-order valence-electron chi connectivity index (χ1n) is 6.79. The molecule has 0 aliphatic rings. The van der Waals surface area contributed by atoms with Crippen LogP contribution in [0.3, 0.4) is 0 Å². The van der Waals surface area contributed by atoms with E-state index in [1.807, 2.05) is 32.0 Å². The summed E-state index contributed by atoms with van der Waals surface area (Å²) in [6, 6.07) is 9.06. The standard InChI is InChI=1S/C17H19F2N/c1-4-20-10-13-6-8-14(12(3)9-13)15-7-5-11(2)16(18)17(15)19/h5-9,20H,4,10H2,1-3H3. The first-order valence-corrected chi connectivity index (χ1v) is 6.79. The molecule has 1 nitrogen and oxygen atoms in total. The number of rotatable bonds is 4. The fourth-order valence-corrected chi connectivity index (χ4v) is 2.26. The van der Waals surface area contributed by atoms with E-state index < -0.39 is 11.6 Å². The molecule has 2 rings (SSSR count). The third-order valence-corrected chi connectivity index (χ3v) is 3.44. The van der Waals surface area contributed by atoms with Gasteiger partial charge in [0.25, 0.3) is 0 Å². The molecule has 0 atom stereocenters. The van der Waals surface area contributed by atoms with Crippen molar-refractivity contribution in [2.45, 2.75) is 27.3 Å². The van der Waals surface area contributed by atoms with Crippen LogP contribution >= 0.6 is 0 Å². The number of hydrogen-bond acceptors (Lipinski definition) is 1. The summed E-state index contributed by atoms with van der Waals surface area (Å²) in [7, 11) is 0. The van der Waals surface area contributed by atoms with Crippen molar-refractivity contribution in [2.75, 3.05) is 6.54 Å². The minimum Gasteiger partial charge on any atom is -0.313 e. The maximum Gasteiger partial charge on any atom is 0.166 e. The van der Waals surface area contributed by atoms with Gasteiger partial charge >= 0.3 is 0 Å². The molecular weight excluding hydrogens is 256 g/mol.